The Bertz CT molecular complexity index is 1130. The highest BCUT2D eigenvalue weighted by Crippen LogP contribution is 2.34. The summed E-state index contributed by atoms with van der Waals surface area (Å²) in [4.78, 5) is 38.7. The first-order chi connectivity index (χ1) is 17.6. The van der Waals surface area contributed by atoms with Gasteiger partial charge in [-0.1, -0.05) is 48.5 Å². The van der Waals surface area contributed by atoms with Crippen LogP contribution in [0.25, 0.3) is 0 Å². The molecule has 1 aliphatic heterocycles. The van der Waals surface area contributed by atoms with E-state index in [1.54, 1.807) is 4.90 Å². The van der Waals surface area contributed by atoms with Crippen molar-refractivity contribution in [3.05, 3.63) is 70.8 Å². The quantitative estimate of drug-likeness (QED) is 0.539. The summed E-state index contributed by atoms with van der Waals surface area (Å²) < 4.78 is 10.8. The van der Waals surface area contributed by atoms with Gasteiger partial charge in [-0.05, 0) is 74.6 Å². The Kier molecular flexibility index (Phi) is 8.05. The van der Waals surface area contributed by atoms with Gasteiger partial charge in [-0.3, -0.25) is 4.79 Å². The average molecular weight is 509 g/mol. The minimum Gasteiger partial charge on any atom is -0.481 e. The first-order valence-electron chi connectivity index (χ1n) is 12.9. The minimum absolute atomic E-state index is 0.153. The van der Waals surface area contributed by atoms with Gasteiger partial charge in [0.25, 0.3) is 0 Å². The summed E-state index contributed by atoms with van der Waals surface area (Å²) >= 11 is 0. The highest BCUT2D eigenvalue weighted by atomic mass is 16.6. The maximum absolute atomic E-state index is 12.4. The number of alkyl carbamates (subject to hydrolysis) is 1. The molecule has 0 radical (unpaired) electrons. The van der Waals surface area contributed by atoms with Gasteiger partial charge in [-0.2, -0.15) is 0 Å². The van der Waals surface area contributed by atoms with Gasteiger partial charge in [-0.25, -0.2) is 9.59 Å². The molecule has 4 rings (SSSR count). The SMILES string of the molecule is CC(C)(C)OC(=O)N1CC[C@H]([C@H](Cc2ccc3c(c2)C(NC(=O)OCc2ccccc2)CC3)C(=O)O)C1. The Morgan fingerprint density at radius 3 is 2.54 bits per heavy atom. The van der Waals surface area contributed by atoms with Crippen molar-refractivity contribution >= 4 is 18.2 Å². The molecule has 1 aliphatic carbocycles. The van der Waals surface area contributed by atoms with Gasteiger partial charge < -0.3 is 24.8 Å². The van der Waals surface area contributed by atoms with Crippen LogP contribution in [-0.2, 0) is 33.7 Å². The number of nitrogens with one attached hydrogen (secondary N) is 1. The molecular weight excluding hydrogens is 472 g/mol. The topological polar surface area (TPSA) is 105 Å². The van der Waals surface area contributed by atoms with Crippen LogP contribution >= 0.6 is 0 Å². The average Bonchev–Trinajstić information content (AvgIpc) is 3.48. The van der Waals surface area contributed by atoms with E-state index in [-0.39, 0.29) is 18.6 Å². The molecule has 198 valence electrons. The number of hydrogen-bond donors (Lipinski definition) is 2. The van der Waals surface area contributed by atoms with Crippen molar-refractivity contribution in [3.8, 4) is 0 Å². The molecule has 0 aromatic heterocycles. The number of aliphatic carboxylic acids is 1. The number of likely N-dealkylation sites (tertiary alicyclic amines) is 1. The minimum atomic E-state index is -0.865. The number of rotatable bonds is 7. The summed E-state index contributed by atoms with van der Waals surface area (Å²) in [5.41, 5.74) is 3.41. The van der Waals surface area contributed by atoms with Crippen LogP contribution in [0.3, 0.4) is 0 Å². The third-order valence-electron chi connectivity index (χ3n) is 7.01. The van der Waals surface area contributed by atoms with Crippen LogP contribution in [0.1, 0.15) is 61.9 Å². The molecule has 37 heavy (non-hydrogen) atoms. The predicted molar refractivity (Wildman–Crippen MR) is 138 cm³/mol. The van der Waals surface area contributed by atoms with Gasteiger partial charge in [0.1, 0.15) is 12.2 Å². The lowest BCUT2D eigenvalue weighted by atomic mass is 9.85. The largest absolute Gasteiger partial charge is 0.481 e. The zero-order valence-electron chi connectivity index (χ0n) is 21.7. The fourth-order valence-electron chi connectivity index (χ4n) is 5.15. The van der Waals surface area contributed by atoms with E-state index in [1.807, 2.05) is 69.3 Å². The Balaban J connectivity index is 1.37. The molecule has 2 aromatic rings. The van der Waals surface area contributed by atoms with E-state index in [0.29, 0.717) is 25.9 Å². The van der Waals surface area contributed by atoms with Gasteiger partial charge >= 0.3 is 18.2 Å². The van der Waals surface area contributed by atoms with E-state index < -0.39 is 29.7 Å². The third-order valence-corrected chi connectivity index (χ3v) is 7.01. The van der Waals surface area contributed by atoms with Crippen LogP contribution in [0.2, 0.25) is 0 Å². The van der Waals surface area contributed by atoms with Crippen LogP contribution in [0, 0.1) is 11.8 Å². The van der Waals surface area contributed by atoms with Crippen molar-refractivity contribution in [1.82, 2.24) is 10.2 Å². The molecule has 1 heterocycles. The number of carbonyl (C=O) groups is 3. The highest BCUT2D eigenvalue weighted by Gasteiger charge is 2.37. The fraction of sp³-hybridized carbons (Fsp3) is 0.483. The summed E-state index contributed by atoms with van der Waals surface area (Å²) in [6.45, 7) is 6.51. The number of aryl methyl sites for hydroxylation is 1. The van der Waals surface area contributed by atoms with Crippen LogP contribution in [-0.4, -0.2) is 46.9 Å². The maximum atomic E-state index is 12.4. The van der Waals surface area contributed by atoms with Crippen molar-refractivity contribution in [2.45, 2.75) is 64.7 Å². The fourth-order valence-corrected chi connectivity index (χ4v) is 5.15. The summed E-state index contributed by atoms with van der Waals surface area (Å²) in [6.07, 6.45) is 1.73. The number of ether oxygens (including phenoxy) is 2. The molecule has 3 atom stereocenters. The number of fused-ring (bicyclic) bond motifs is 1. The first kappa shape index (κ1) is 26.5. The normalized spacial score (nSPS) is 19.7. The second-order valence-electron chi connectivity index (χ2n) is 11.0. The molecule has 1 saturated heterocycles. The van der Waals surface area contributed by atoms with Gasteiger partial charge in [0.05, 0.1) is 12.0 Å². The third kappa shape index (κ3) is 7.02. The number of amides is 2. The number of nitrogens with zero attached hydrogens (tertiary/aromatic N) is 1. The van der Waals surface area contributed by atoms with E-state index in [0.717, 1.165) is 35.1 Å². The van der Waals surface area contributed by atoms with Crippen molar-refractivity contribution in [1.29, 1.82) is 0 Å². The second-order valence-corrected chi connectivity index (χ2v) is 11.0. The summed E-state index contributed by atoms with van der Waals surface area (Å²) in [5, 5.41) is 13.0. The molecular formula is C29H36N2O6. The smallest absolute Gasteiger partial charge is 0.410 e. The molecule has 8 nitrogen and oxygen atoms in total. The summed E-state index contributed by atoms with van der Waals surface area (Å²) in [7, 11) is 0. The Morgan fingerprint density at radius 2 is 1.84 bits per heavy atom. The lowest BCUT2D eigenvalue weighted by molar-refractivity contribution is -0.143. The summed E-state index contributed by atoms with van der Waals surface area (Å²) in [5.74, 6) is -1.63. The molecule has 0 spiro atoms. The van der Waals surface area contributed by atoms with E-state index in [4.69, 9.17) is 9.47 Å². The monoisotopic (exact) mass is 508 g/mol. The predicted octanol–water partition coefficient (Wildman–Crippen LogP) is 5.10. The van der Waals surface area contributed by atoms with Crippen LogP contribution in [0.4, 0.5) is 9.59 Å². The summed E-state index contributed by atoms with van der Waals surface area (Å²) in [6, 6.07) is 15.4. The highest BCUT2D eigenvalue weighted by molar-refractivity contribution is 5.72. The number of hydrogen-bond acceptors (Lipinski definition) is 5. The van der Waals surface area contributed by atoms with E-state index in [2.05, 4.69) is 5.32 Å². The van der Waals surface area contributed by atoms with Gasteiger partial charge in [-0.15, -0.1) is 0 Å². The maximum Gasteiger partial charge on any atom is 0.410 e. The second kappa shape index (κ2) is 11.2. The molecule has 8 heteroatoms. The van der Waals surface area contributed by atoms with E-state index >= 15 is 0 Å². The van der Waals surface area contributed by atoms with Crippen LogP contribution < -0.4 is 5.32 Å². The van der Waals surface area contributed by atoms with Crippen molar-refractivity contribution in [3.63, 3.8) is 0 Å². The Labute approximate surface area is 217 Å². The molecule has 0 saturated carbocycles. The zero-order chi connectivity index (χ0) is 26.6. The molecule has 2 amide bonds. The molecule has 0 bridgehead atoms. The van der Waals surface area contributed by atoms with Crippen LogP contribution in [0.15, 0.2) is 48.5 Å². The lowest BCUT2D eigenvalue weighted by Gasteiger charge is -2.25. The van der Waals surface area contributed by atoms with Gasteiger partial charge in [0, 0.05) is 13.1 Å². The number of carbonyl (C=O) groups excluding carboxylic acids is 2. The molecule has 2 aliphatic rings. The van der Waals surface area contributed by atoms with E-state index in [1.165, 1.54) is 0 Å². The van der Waals surface area contributed by atoms with Gasteiger partial charge in [0.15, 0.2) is 0 Å². The molecule has 2 N–H and O–H groups in total. The lowest BCUT2D eigenvalue weighted by Crippen LogP contribution is -2.36. The van der Waals surface area contributed by atoms with E-state index in [9.17, 15) is 19.5 Å². The Morgan fingerprint density at radius 1 is 1.08 bits per heavy atom. The van der Waals surface area contributed by atoms with Crippen LogP contribution in [0.5, 0.6) is 0 Å². The van der Waals surface area contributed by atoms with Gasteiger partial charge in [0.2, 0.25) is 0 Å². The van der Waals surface area contributed by atoms with Crippen molar-refractivity contribution in [2.24, 2.45) is 11.8 Å². The Hall–Kier alpha value is -3.55. The number of carboxylic acid groups (broad SMARTS) is 1. The molecule has 1 fully saturated rings. The number of benzene rings is 2. The standard InChI is InChI=1S/C29H36N2O6/c1-29(2,3)37-28(35)31-14-13-22(17-31)24(26(32)33)16-20-9-10-21-11-12-25(23(21)15-20)30-27(34)36-18-19-7-5-4-6-8-19/h4-10,15,22,24-25H,11-14,16-18H2,1-3H3,(H,30,34)(H,32,33)/t22-,24-,25?/m0/s1. The molecule has 1 unspecified atom stereocenters. The zero-order valence-corrected chi connectivity index (χ0v) is 21.7. The van der Waals surface area contributed by atoms with Crippen molar-refractivity contribution < 1.29 is 29.0 Å². The first-order valence-corrected chi connectivity index (χ1v) is 12.9. The number of carboxylic acids is 1. The van der Waals surface area contributed by atoms with Crippen molar-refractivity contribution in [2.75, 3.05) is 13.1 Å². The molecule has 2 aromatic carbocycles.